The van der Waals surface area contributed by atoms with Crippen LogP contribution in [-0.4, -0.2) is 12.7 Å². The molecular weight excluding hydrogens is 191 g/mol. The lowest BCUT2D eigenvalue weighted by atomic mass is 10.2. The van der Waals surface area contributed by atoms with E-state index in [2.05, 4.69) is 5.32 Å². The van der Waals surface area contributed by atoms with Gasteiger partial charge in [-0.25, -0.2) is 0 Å². The highest BCUT2D eigenvalue weighted by Crippen LogP contribution is 2.25. The first kappa shape index (κ1) is 13.1. The fraction of sp³-hybridized carbons (Fsp3) is 0.600. The minimum atomic E-state index is -4.23. The summed E-state index contributed by atoms with van der Waals surface area (Å²) in [4.78, 5) is 0. The normalized spacial score (nSPS) is 14.4. The second-order valence-corrected chi connectivity index (χ2v) is 2.92. The molecule has 0 spiro atoms. The van der Waals surface area contributed by atoms with Gasteiger partial charge in [-0.3, -0.25) is 0 Å². The van der Waals surface area contributed by atoms with Crippen LogP contribution in [-0.2, 0) is 0 Å². The van der Waals surface area contributed by atoms with E-state index in [1.807, 2.05) is 13.8 Å². The van der Waals surface area contributed by atoms with Crippen molar-refractivity contribution in [3.05, 3.63) is 23.4 Å². The van der Waals surface area contributed by atoms with E-state index in [-0.39, 0.29) is 0 Å². The van der Waals surface area contributed by atoms with Gasteiger partial charge >= 0.3 is 6.18 Å². The maximum atomic E-state index is 12.2. The summed E-state index contributed by atoms with van der Waals surface area (Å²) in [6, 6.07) is 0. The van der Waals surface area contributed by atoms with Gasteiger partial charge < -0.3 is 5.32 Å². The summed E-state index contributed by atoms with van der Waals surface area (Å²) in [6.45, 7) is 5.42. The van der Waals surface area contributed by atoms with Gasteiger partial charge in [0.1, 0.15) is 0 Å². The molecule has 0 aromatic carbocycles. The molecule has 0 aliphatic heterocycles. The van der Waals surface area contributed by atoms with Crippen molar-refractivity contribution in [2.45, 2.75) is 33.4 Å². The molecule has 0 aliphatic carbocycles. The molecule has 82 valence electrons. The molecule has 0 heterocycles. The van der Waals surface area contributed by atoms with Crippen LogP contribution in [0.2, 0.25) is 0 Å². The van der Waals surface area contributed by atoms with Crippen LogP contribution in [0.3, 0.4) is 0 Å². The Hall–Kier alpha value is -0.930. The van der Waals surface area contributed by atoms with Crippen molar-refractivity contribution in [1.82, 2.24) is 5.32 Å². The maximum absolute atomic E-state index is 12.2. The van der Waals surface area contributed by atoms with Gasteiger partial charge in [0.25, 0.3) is 0 Å². The molecule has 0 saturated carbocycles. The van der Waals surface area contributed by atoms with Gasteiger partial charge in [-0.05, 0) is 26.3 Å². The third kappa shape index (κ3) is 4.94. The first-order chi connectivity index (χ1) is 6.41. The van der Waals surface area contributed by atoms with Crippen molar-refractivity contribution in [2.75, 3.05) is 6.54 Å². The molecule has 0 amide bonds. The highest BCUT2D eigenvalue weighted by Gasteiger charge is 2.29. The molecule has 0 radical (unpaired) electrons. The molecule has 1 N–H and O–H groups in total. The zero-order valence-corrected chi connectivity index (χ0v) is 8.70. The lowest BCUT2D eigenvalue weighted by Gasteiger charge is -2.09. The molecule has 1 nitrogen and oxygen atoms in total. The average Bonchev–Trinajstić information content (AvgIpc) is 2.03. The second-order valence-electron chi connectivity index (χ2n) is 2.92. The Morgan fingerprint density at radius 1 is 1.29 bits per heavy atom. The Balaban J connectivity index is 4.64. The smallest absolute Gasteiger partial charge is 0.386 e. The zero-order valence-electron chi connectivity index (χ0n) is 8.70. The van der Waals surface area contributed by atoms with E-state index >= 15 is 0 Å². The molecule has 0 fully saturated rings. The molecular formula is C10H16F3N. The second kappa shape index (κ2) is 5.73. The zero-order chi connectivity index (χ0) is 11.2. The summed E-state index contributed by atoms with van der Waals surface area (Å²) in [6.07, 6.45) is -0.655. The molecule has 0 unspecified atom stereocenters. The van der Waals surface area contributed by atoms with Gasteiger partial charge in [-0.1, -0.05) is 13.0 Å². The summed E-state index contributed by atoms with van der Waals surface area (Å²) in [7, 11) is 0. The van der Waals surface area contributed by atoms with Gasteiger partial charge in [0.2, 0.25) is 0 Å². The summed E-state index contributed by atoms with van der Waals surface area (Å²) in [5.74, 6) is 0. The van der Waals surface area contributed by atoms with Crippen LogP contribution in [0.4, 0.5) is 13.2 Å². The Kier molecular flexibility index (Phi) is 5.35. The number of nitrogens with one attached hydrogen (secondary N) is 1. The minimum Gasteiger partial charge on any atom is -0.386 e. The van der Waals surface area contributed by atoms with E-state index in [1.54, 1.807) is 6.08 Å². The summed E-state index contributed by atoms with van der Waals surface area (Å²) in [5, 5.41) is 2.87. The van der Waals surface area contributed by atoms with Gasteiger partial charge in [-0.2, -0.15) is 13.2 Å². The number of halogens is 3. The fourth-order valence-corrected chi connectivity index (χ4v) is 0.921. The van der Waals surface area contributed by atoms with Crippen molar-refractivity contribution in [1.29, 1.82) is 0 Å². The third-order valence-corrected chi connectivity index (χ3v) is 1.62. The van der Waals surface area contributed by atoms with Crippen LogP contribution < -0.4 is 5.32 Å². The lowest BCUT2D eigenvalue weighted by molar-refractivity contribution is -0.0913. The van der Waals surface area contributed by atoms with E-state index in [0.29, 0.717) is 18.7 Å². The van der Waals surface area contributed by atoms with E-state index < -0.39 is 11.7 Å². The number of hydrogen-bond donors (Lipinski definition) is 1. The first-order valence-electron chi connectivity index (χ1n) is 4.61. The van der Waals surface area contributed by atoms with E-state index in [1.165, 1.54) is 0 Å². The van der Waals surface area contributed by atoms with Crippen LogP contribution in [0.25, 0.3) is 0 Å². The Bertz CT molecular complexity index is 226. The van der Waals surface area contributed by atoms with Gasteiger partial charge in [0.05, 0.1) is 0 Å². The van der Waals surface area contributed by atoms with Crippen LogP contribution in [0.5, 0.6) is 0 Å². The van der Waals surface area contributed by atoms with Gasteiger partial charge in [0.15, 0.2) is 0 Å². The summed E-state index contributed by atoms with van der Waals surface area (Å²) >= 11 is 0. The van der Waals surface area contributed by atoms with E-state index in [0.717, 1.165) is 13.0 Å². The molecule has 0 aliphatic rings. The van der Waals surface area contributed by atoms with Crippen molar-refractivity contribution in [2.24, 2.45) is 0 Å². The molecule has 4 heteroatoms. The van der Waals surface area contributed by atoms with Crippen LogP contribution in [0, 0.1) is 0 Å². The number of allylic oxidation sites excluding steroid dienone is 3. The predicted octanol–water partition coefficient (Wildman–Crippen LogP) is 3.40. The van der Waals surface area contributed by atoms with Gasteiger partial charge in [0, 0.05) is 17.8 Å². The van der Waals surface area contributed by atoms with Crippen LogP contribution in [0.1, 0.15) is 27.2 Å². The van der Waals surface area contributed by atoms with Crippen molar-refractivity contribution < 1.29 is 13.2 Å². The molecule has 0 aromatic rings. The molecule has 0 saturated heterocycles. The minimum absolute atomic E-state index is 0.532. The van der Waals surface area contributed by atoms with Gasteiger partial charge in [-0.15, -0.1) is 0 Å². The molecule has 0 bridgehead atoms. The summed E-state index contributed by atoms with van der Waals surface area (Å²) in [5.41, 5.74) is -0.0528. The highest BCUT2D eigenvalue weighted by molar-refractivity contribution is 5.23. The van der Waals surface area contributed by atoms with Crippen molar-refractivity contribution in [3.63, 3.8) is 0 Å². The number of rotatable bonds is 4. The van der Waals surface area contributed by atoms with Crippen LogP contribution >= 0.6 is 0 Å². The average molecular weight is 207 g/mol. The van der Waals surface area contributed by atoms with Crippen molar-refractivity contribution in [3.8, 4) is 0 Å². The predicted molar refractivity (Wildman–Crippen MR) is 51.9 cm³/mol. The Morgan fingerprint density at radius 3 is 2.21 bits per heavy atom. The third-order valence-electron chi connectivity index (χ3n) is 1.62. The lowest BCUT2D eigenvalue weighted by Crippen LogP contribution is -2.14. The Labute approximate surface area is 82.7 Å². The van der Waals surface area contributed by atoms with E-state index in [4.69, 9.17) is 0 Å². The summed E-state index contributed by atoms with van der Waals surface area (Å²) < 4.78 is 36.5. The van der Waals surface area contributed by atoms with Crippen LogP contribution in [0.15, 0.2) is 23.4 Å². The molecule has 0 rings (SSSR count). The monoisotopic (exact) mass is 207 g/mol. The highest BCUT2D eigenvalue weighted by atomic mass is 19.4. The SMILES string of the molecule is CC/C=C(\C=C(/C)C(F)(F)F)NCC. The molecule has 0 aromatic heterocycles. The Morgan fingerprint density at radius 2 is 1.86 bits per heavy atom. The number of alkyl halides is 3. The molecule has 14 heavy (non-hydrogen) atoms. The maximum Gasteiger partial charge on any atom is 0.412 e. The quantitative estimate of drug-likeness (QED) is 0.697. The standard InChI is InChI=1S/C10H16F3N/c1-4-6-9(14-5-2)7-8(3)10(11,12)13/h6-7,14H,4-5H2,1-3H3/b8-7+,9-6+. The number of likely N-dealkylation sites (N-methyl/N-ethyl adjacent to an activating group) is 1. The first-order valence-corrected chi connectivity index (χ1v) is 4.61. The fourth-order valence-electron chi connectivity index (χ4n) is 0.921. The number of hydrogen-bond acceptors (Lipinski definition) is 1. The molecule has 0 atom stereocenters. The van der Waals surface area contributed by atoms with E-state index in [9.17, 15) is 13.2 Å². The largest absolute Gasteiger partial charge is 0.412 e. The topological polar surface area (TPSA) is 12.0 Å². The van der Waals surface area contributed by atoms with Crippen molar-refractivity contribution >= 4 is 0 Å².